The Kier molecular flexibility index (Phi) is 3.41. The highest BCUT2D eigenvalue weighted by Crippen LogP contribution is 2.26. The molecule has 2 N–H and O–H groups in total. The summed E-state index contributed by atoms with van der Waals surface area (Å²) in [6, 6.07) is 4.40. The molecule has 0 aliphatic heterocycles. The fraction of sp³-hybridized carbons (Fsp3) is 0. The van der Waals surface area contributed by atoms with Gasteiger partial charge in [-0.3, -0.25) is 9.78 Å². The molecule has 19 heavy (non-hydrogen) atoms. The third kappa shape index (κ3) is 2.38. The molecule has 0 saturated carbocycles. The summed E-state index contributed by atoms with van der Waals surface area (Å²) in [6.07, 6.45) is 0. The first kappa shape index (κ1) is 13.3. The van der Waals surface area contributed by atoms with Crippen molar-refractivity contribution in [3.05, 3.63) is 54.8 Å². The van der Waals surface area contributed by atoms with Crippen molar-refractivity contribution in [1.82, 2.24) is 14.8 Å². The lowest BCUT2D eigenvalue weighted by Gasteiger charge is -2.07. The number of benzene rings is 1. The Bertz CT molecular complexity index is 781. The number of halogens is 2. The van der Waals surface area contributed by atoms with Gasteiger partial charge in [-0.05, 0) is 12.1 Å². The smallest absolute Gasteiger partial charge is 0.362 e. The molecular formula is C10H5Cl2N3O4. The molecule has 0 radical (unpaired) electrons. The van der Waals surface area contributed by atoms with Crippen LogP contribution < -0.4 is 11.2 Å². The number of carbonyl (C=O) groups is 1. The summed E-state index contributed by atoms with van der Waals surface area (Å²) in [7, 11) is 0. The average Bonchev–Trinajstić information content (AvgIpc) is 2.33. The molecule has 0 unspecified atom stereocenters. The molecule has 0 aliphatic carbocycles. The van der Waals surface area contributed by atoms with Crippen LogP contribution in [-0.4, -0.2) is 25.8 Å². The van der Waals surface area contributed by atoms with E-state index in [2.05, 4.69) is 5.10 Å². The summed E-state index contributed by atoms with van der Waals surface area (Å²) in [5, 5.41) is 12.4. The van der Waals surface area contributed by atoms with E-state index in [-0.39, 0.29) is 15.7 Å². The predicted octanol–water partition coefficient (Wildman–Crippen LogP) is 0.926. The van der Waals surface area contributed by atoms with Crippen molar-refractivity contribution < 1.29 is 9.90 Å². The molecule has 7 nitrogen and oxygen atoms in total. The number of hydrogen-bond donors (Lipinski definition) is 2. The zero-order valence-corrected chi connectivity index (χ0v) is 10.6. The minimum Gasteiger partial charge on any atom is -0.476 e. The van der Waals surface area contributed by atoms with Gasteiger partial charge in [-0.1, -0.05) is 29.3 Å². The van der Waals surface area contributed by atoms with E-state index in [1.54, 1.807) is 0 Å². The quantitative estimate of drug-likeness (QED) is 0.858. The second kappa shape index (κ2) is 4.87. The number of aromatic amines is 1. The van der Waals surface area contributed by atoms with Gasteiger partial charge in [-0.2, -0.15) is 9.78 Å². The van der Waals surface area contributed by atoms with Gasteiger partial charge >= 0.3 is 11.7 Å². The molecule has 1 heterocycles. The number of nitrogens with zero attached hydrogens (tertiary/aromatic N) is 2. The lowest BCUT2D eigenvalue weighted by molar-refractivity contribution is 0.0685. The van der Waals surface area contributed by atoms with E-state index < -0.39 is 22.9 Å². The minimum absolute atomic E-state index is 0.0159. The van der Waals surface area contributed by atoms with E-state index in [1.807, 2.05) is 4.98 Å². The number of carboxylic acids is 1. The van der Waals surface area contributed by atoms with Gasteiger partial charge in [0.1, 0.15) is 0 Å². The van der Waals surface area contributed by atoms with Crippen LogP contribution in [0.5, 0.6) is 0 Å². The van der Waals surface area contributed by atoms with E-state index in [0.717, 1.165) is 0 Å². The number of hydrogen-bond acceptors (Lipinski definition) is 4. The van der Waals surface area contributed by atoms with Gasteiger partial charge in [-0.25, -0.2) is 9.59 Å². The second-order valence-corrected chi connectivity index (χ2v) is 4.18. The number of carboxylic acid groups (broad SMARTS) is 1. The number of aromatic nitrogens is 3. The number of nitrogens with one attached hydrogen (secondary N) is 1. The molecule has 0 atom stereocenters. The molecule has 0 bridgehead atoms. The molecule has 1 aromatic carbocycles. The maximum atomic E-state index is 11.6. The van der Waals surface area contributed by atoms with Crippen molar-refractivity contribution in [3.63, 3.8) is 0 Å². The van der Waals surface area contributed by atoms with Crippen molar-refractivity contribution in [3.8, 4) is 5.69 Å². The molecule has 2 rings (SSSR count). The van der Waals surface area contributed by atoms with Crippen LogP contribution in [0.4, 0.5) is 0 Å². The Morgan fingerprint density at radius 2 is 2.00 bits per heavy atom. The Morgan fingerprint density at radius 1 is 1.32 bits per heavy atom. The Morgan fingerprint density at radius 3 is 2.63 bits per heavy atom. The van der Waals surface area contributed by atoms with Gasteiger partial charge in [0.25, 0.3) is 5.56 Å². The van der Waals surface area contributed by atoms with Crippen molar-refractivity contribution in [2.75, 3.05) is 0 Å². The lowest BCUT2D eigenvalue weighted by Crippen LogP contribution is -2.35. The van der Waals surface area contributed by atoms with E-state index in [9.17, 15) is 14.4 Å². The zero-order chi connectivity index (χ0) is 14.2. The monoisotopic (exact) mass is 301 g/mol. The maximum Gasteiger partial charge on any atom is 0.362 e. The van der Waals surface area contributed by atoms with Gasteiger partial charge in [0, 0.05) is 0 Å². The van der Waals surface area contributed by atoms with Gasteiger partial charge < -0.3 is 5.11 Å². The molecule has 0 amide bonds. The summed E-state index contributed by atoms with van der Waals surface area (Å²) in [4.78, 5) is 35.5. The van der Waals surface area contributed by atoms with Crippen molar-refractivity contribution in [2.24, 2.45) is 0 Å². The van der Waals surface area contributed by atoms with E-state index in [4.69, 9.17) is 28.3 Å². The van der Waals surface area contributed by atoms with E-state index in [0.29, 0.717) is 4.68 Å². The second-order valence-electron chi connectivity index (χ2n) is 3.40. The molecule has 0 spiro atoms. The van der Waals surface area contributed by atoms with Crippen LogP contribution in [0.3, 0.4) is 0 Å². The van der Waals surface area contributed by atoms with Crippen LogP contribution in [-0.2, 0) is 0 Å². The summed E-state index contributed by atoms with van der Waals surface area (Å²) in [6.45, 7) is 0. The third-order valence-electron chi connectivity index (χ3n) is 2.19. The Balaban J connectivity index is 2.80. The molecular weight excluding hydrogens is 297 g/mol. The van der Waals surface area contributed by atoms with Gasteiger partial charge in [0.2, 0.25) is 5.69 Å². The first-order valence-electron chi connectivity index (χ1n) is 4.83. The standard InChI is InChI=1S/C10H5Cl2N3O4/c11-4-2-1-3-5(6(4)12)15-10(19)13-8(16)7(14-15)9(17)18/h1-3H,(H,17,18)(H,13,16,19). The van der Waals surface area contributed by atoms with Crippen LogP contribution in [0.25, 0.3) is 5.69 Å². The molecule has 0 saturated heterocycles. The molecule has 9 heteroatoms. The topological polar surface area (TPSA) is 105 Å². The van der Waals surface area contributed by atoms with E-state index in [1.165, 1.54) is 18.2 Å². The van der Waals surface area contributed by atoms with Gasteiger partial charge in [-0.15, -0.1) is 0 Å². The minimum atomic E-state index is -1.56. The van der Waals surface area contributed by atoms with Gasteiger partial charge in [0.15, 0.2) is 0 Å². The molecule has 98 valence electrons. The van der Waals surface area contributed by atoms with Crippen LogP contribution in [0, 0.1) is 0 Å². The van der Waals surface area contributed by atoms with Crippen molar-refractivity contribution in [1.29, 1.82) is 0 Å². The molecule has 0 fully saturated rings. The van der Waals surface area contributed by atoms with Gasteiger partial charge in [0.05, 0.1) is 15.7 Å². The zero-order valence-electron chi connectivity index (χ0n) is 9.05. The first-order valence-corrected chi connectivity index (χ1v) is 5.58. The largest absolute Gasteiger partial charge is 0.476 e. The predicted molar refractivity (Wildman–Crippen MR) is 67.4 cm³/mol. The third-order valence-corrected chi connectivity index (χ3v) is 3.00. The first-order chi connectivity index (χ1) is 8.91. The Labute approximate surface area is 115 Å². The molecule has 2 aromatic rings. The highest BCUT2D eigenvalue weighted by molar-refractivity contribution is 6.43. The normalized spacial score (nSPS) is 10.4. The fourth-order valence-corrected chi connectivity index (χ4v) is 1.73. The van der Waals surface area contributed by atoms with Crippen LogP contribution in [0.1, 0.15) is 10.5 Å². The highest BCUT2D eigenvalue weighted by Gasteiger charge is 2.16. The van der Waals surface area contributed by atoms with Crippen LogP contribution in [0.15, 0.2) is 27.8 Å². The highest BCUT2D eigenvalue weighted by atomic mass is 35.5. The number of aromatic carboxylic acids is 1. The fourth-order valence-electron chi connectivity index (χ4n) is 1.36. The average molecular weight is 302 g/mol. The van der Waals surface area contributed by atoms with E-state index >= 15 is 0 Å². The number of rotatable bonds is 2. The summed E-state index contributed by atoms with van der Waals surface area (Å²) in [5.74, 6) is -1.56. The van der Waals surface area contributed by atoms with Crippen LogP contribution in [0.2, 0.25) is 10.0 Å². The van der Waals surface area contributed by atoms with Crippen molar-refractivity contribution in [2.45, 2.75) is 0 Å². The van der Waals surface area contributed by atoms with Crippen LogP contribution >= 0.6 is 23.2 Å². The SMILES string of the molecule is O=C(O)c1nn(-c2cccc(Cl)c2Cl)c(=O)[nH]c1=O. The summed E-state index contributed by atoms with van der Waals surface area (Å²) >= 11 is 11.7. The number of H-pyrrole nitrogens is 1. The lowest BCUT2D eigenvalue weighted by atomic mass is 10.3. The maximum absolute atomic E-state index is 11.6. The summed E-state index contributed by atoms with van der Waals surface area (Å²) < 4.78 is 0.666. The summed E-state index contributed by atoms with van der Waals surface area (Å²) in [5.41, 5.74) is -2.76. The molecule has 1 aromatic heterocycles. The molecule has 0 aliphatic rings. The van der Waals surface area contributed by atoms with Crippen molar-refractivity contribution >= 4 is 29.2 Å². The Hall–Kier alpha value is -2.12.